The quantitative estimate of drug-likeness (QED) is 0.323. The van der Waals surface area contributed by atoms with Crippen LogP contribution in [0.5, 0.6) is 23.0 Å². The SMILES string of the molecule is CCC(C)C(=O)N[C@@H]1CCCN1C(=O)[C@H]1[C@H](c2ccccc2)[C@]2(c3ccc(OC)cc3)Oc3cc(OC)cc(OC)c3[C@@]1(O)[C@@H]2O. The predicted octanol–water partition coefficient (Wildman–Crippen LogP) is 4.07. The topological polar surface area (TPSA) is 127 Å². The first kappa shape index (κ1) is 31.7. The highest BCUT2D eigenvalue weighted by atomic mass is 16.5. The number of rotatable bonds is 9. The normalized spacial score (nSPS) is 28.5. The second-order valence-electron chi connectivity index (χ2n) is 12.4. The summed E-state index contributed by atoms with van der Waals surface area (Å²) in [4.78, 5) is 29.8. The van der Waals surface area contributed by atoms with Gasteiger partial charge in [0.1, 0.15) is 40.9 Å². The molecule has 10 heteroatoms. The molecule has 10 nitrogen and oxygen atoms in total. The van der Waals surface area contributed by atoms with Gasteiger partial charge in [-0.3, -0.25) is 9.59 Å². The number of fused-ring (bicyclic) bond motifs is 4. The molecule has 2 bridgehead atoms. The number of carbonyl (C=O) groups excluding carboxylic acids is 2. The van der Waals surface area contributed by atoms with E-state index in [4.69, 9.17) is 18.9 Å². The number of methoxy groups -OCH3 is 3. The maximum absolute atomic E-state index is 15.1. The van der Waals surface area contributed by atoms with E-state index in [1.54, 1.807) is 48.4 Å². The highest BCUT2D eigenvalue weighted by Crippen LogP contribution is 2.68. The zero-order valence-electron chi connectivity index (χ0n) is 26.9. The lowest BCUT2D eigenvalue weighted by Gasteiger charge is -2.45. The number of nitrogens with zero attached hydrogens (tertiary/aromatic N) is 1. The van der Waals surface area contributed by atoms with Crippen LogP contribution in [0.1, 0.15) is 55.7 Å². The molecule has 0 spiro atoms. The lowest BCUT2D eigenvalue weighted by molar-refractivity contribution is -0.167. The van der Waals surface area contributed by atoms with E-state index in [9.17, 15) is 15.0 Å². The first-order valence-corrected chi connectivity index (χ1v) is 15.8. The molecule has 244 valence electrons. The Kier molecular flexibility index (Phi) is 8.37. The lowest BCUT2D eigenvalue weighted by Crippen LogP contribution is -2.56. The van der Waals surface area contributed by atoms with Gasteiger partial charge in [0.05, 0.1) is 32.8 Å². The fourth-order valence-corrected chi connectivity index (χ4v) is 7.61. The maximum atomic E-state index is 15.1. The number of benzene rings is 3. The number of aliphatic hydroxyl groups excluding tert-OH is 1. The van der Waals surface area contributed by atoms with Crippen molar-refractivity contribution < 1.29 is 38.7 Å². The molecule has 3 aliphatic rings. The highest BCUT2D eigenvalue weighted by Gasteiger charge is 2.76. The van der Waals surface area contributed by atoms with Crippen molar-refractivity contribution >= 4 is 11.8 Å². The van der Waals surface area contributed by atoms with Crippen LogP contribution in [0.15, 0.2) is 66.7 Å². The highest BCUT2D eigenvalue weighted by molar-refractivity contribution is 5.86. The molecule has 2 fully saturated rings. The van der Waals surface area contributed by atoms with Crippen molar-refractivity contribution in [2.24, 2.45) is 11.8 Å². The fraction of sp³-hybridized carbons (Fsp3) is 0.444. The Labute approximate surface area is 269 Å². The monoisotopic (exact) mass is 630 g/mol. The summed E-state index contributed by atoms with van der Waals surface area (Å²) in [6.45, 7) is 4.19. The summed E-state index contributed by atoms with van der Waals surface area (Å²) < 4.78 is 23.7. The number of carbonyl (C=O) groups is 2. The third kappa shape index (κ3) is 4.69. The molecule has 3 aromatic carbocycles. The first-order chi connectivity index (χ1) is 22.1. The van der Waals surface area contributed by atoms with Crippen molar-refractivity contribution in [3.05, 3.63) is 83.4 Å². The van der Waals surface area contributed by atoms with E-state index in [0.29, 0.717) is 48.4 Å². The summed E-state index contributed by atoms with van der Waals surface area (Å²) in [5.74, 6) is -1.38. The van der Waals surface area contributed by atoms with Crippen molar-refractivity contribution in [3.8, 4) is 23.0 Å². The Morgan fingerprint density at radius 2 is 1.72 bits per heavy atom. The van der Waals surface area contributed by atoms with Gasteiger partial charge < -0.3 is 39.4 Å². The number of hydrogen-bond acceptors (Lipinski definition) is 8. The second kappa shape index (κ2) is 12.1. The molecule has 1 saturated heterocycles. The van der Waals surface area contributed by atoms with Gasteiger partial charge >= 0.3 is 0 Å². The Bertz CT molecular complexity index is 1600. The molecule has 0 aromatic heterocycles. The van der Waals surface area contributed by atoms with E-state index in [1.165, 1.54) is 14.2 Å². The first-order valence-electron chi connectivity index (χ1n) is 15.8. The summed E-state index contributed by atoms with van der Waals surface area (Å²) in [7, 11) is 4.54. The average molecular weight is 631 g/mol. The molecular weight excluding hydrogens is 588 g/mol. The van der Waals surface area contributed by atoms with Crippen molar-refractivity contribution in [1.82, 2.24) is 10.2 Å². The van der Waals surface area contributed by atoms with Gasteiger partial charge in [-0.05, 0) is 42.5 Å². The molecule has 2 heterocycles. The van der Waals surface area contributed by atoms with Crippen molar-refractivity contribution in [2.75, 3.05) is 27.9 Å². The van der Waals surface area contributed by atoms with E-state index >= 15 is 4.79 Å². The van der Waals surface area contributed by atoms with Gasteiger partial charge in [-0.2, -0.15) is 0 Å². The Morgan fingerprint density at radius 3 is 2.35 bits per heavy atom. The number of amides is 2. The van der Waals surface area contributed by atoms with Crippen LogP contribution >= 0.6 is 0 Å². The van der Waals surface area contributed by atoms with Gasteiger partial charge in [0.2, 0.25) is 11.8 Å². The fourth-order valence-electron chi connectivity index (χ4n) is 7.61. The molecular formula is C36H42N2O8. The third-order valence-electron chi connectivity index (χ3n) is 10.1. The largest absolute Gasteiger partial charge is 0.497 e. The van der Waals surface area contributed by atoms with E-state index in [0.717, 1.165) is 0 Å². The maximum Gasteiger partial charge on any atom is 0.231 e. The van der Waals surface area contributed by atoms with Gasteiger partial charge in [-0.1, -0.05) is 56.3 Å². The minimum atomic E-state index is -2.17. The molecule has 46 heavy (non-hydrogen) atoms. The van der Waals surface area contributed by atoms with Crippen molar-refractivity contribution in [2.45, 2.75) is 62.5 Å². The van der Waals surface area contributed by atoms with Gasteiger partial charge in [-0.15, -0.1) is 0 Å². The van der Waals surface area contributed by atoms with Gasteiger partial charge in [0.15, 0.2) is 5.60 Å². The molecule has 1 aliphatic carbocycles. The molecule has 1 unspecified atom stereocenters. The Morgan fingerprint density at radius 1 is 1.02 bits per heavy atom. The van der Waals surface area contributed by atoms with E-state index in [2.05, 4.69) is 5.32 Å². The summed E-state index contributed by atoms with van der Waals surface area (Å²) >= 11 is 0. The van der Waals surface area contributed by atoms with E-state index in [-0.39, 0.29) is 28.9 Å². The zero-order valence-corrected chi connectivity index (χ0v) is 26.9. The van der Waals surface area contributed by atoms with Crippen molar-refractivity contribution in [3.63, 3.8) is 0 Å². The number of hydrogen-bond donors (Lipinski definition) is 3. The van der Waals surface area contributed by atoms with Gasteiger partial charge in [-0.25, -0.2) is 0 Å². The van der Waals surface area contributed by atoms with Crippen molar-refractivity contribution in [1.29, 1.82) is 0 Å². The third-order valence-corrected chi connectivity index (χ3v) is 10.1. The van der Waals surface area contributed by atoms with Crippen LogP contribution in [0.4, 0.5) is 0 Å². The van der Waals surface area contributed by atoms with E-state index in [1.807, 2.05) is 44.2 Å². The molecule has 2 aliphatic heterocycles. The van der Waals surface area contributed by atoms with Crippen LogP contribution in [0.2, 0.25) is 0 Å². The lowest BCUT2D eigenvalue weighted by atomic mass is 9.75. The van der Waals surface area contributed by atoms with E-state index < -0.39 is 41.2 Å². The Balaban J connectivity index is 1.60. The predicted molar refractivity (Wildman–Crippen MR) is 170 cm³/mol. The second-order valence-corrected chi connectivity index (χ2v) is 12.4. The van der Waals surface area contributed by atoms with Crippen LogP contribution < -0.4 is 24.3 Å². The average Bonchev–Trinajstić information content (AvgIpc) is 3.59. The number of aliphatic hydroxyl groups is 2. The standard InChI is InChI=1S/C36H42N2O8/c1-6-21(2)32(39)37-28-13-10-18-38(28)33(40)31-29(22-11-8-7-9-12-22)36(23-14-16-24(43-3)17-15-23)34(41)35(31,42)30-26(45-5)19-25(44-4)20-27(30)46-36/h7-9,11-12,14-17,19-21,28-29,31,34,41-42H,6,10,13,18H2,1-5H3,(H,37,39)/t21?,28-,29-,31+,34-,35-,36-/m0/s1. The molecule has 1 saturated carbocycles. The molecule has 2 amide bonds. The van der Waals surface area contributed by atoms with Crippen LogP contribution in [-0.2, 0) is 20.8 Å². The smallest absolute Gasteiger partial charge is 0.231 e. The minimum Gasteiger partial charge on any atom is -0.497 e. The summed E-state index contributed by atoms with van der Waals surface area (Å²) in [6.07, 6.45) is -0.244. The number of nitrogens with one attached hydrogen (secondary N) is 1. The summed E-state index contributed by atoms with van der Waals surface area (Å²) in [6, 6.07) is 19.7. The minimum absolute atomic E-state index is 0.132. The van der Waals surface area contributed by atoms with Crippen LogP contribution in [0, 0.1) is 11.8 Å². The van der Waals surface area contributed by atoms with Crippen LogP contribution in [-0.4, -0.2) is 67.1 Å². The van der Waals surface area contributed by atoms with Crippen LogP contribution in [0.3, 0.4) is 0 Å². The molecule has 6 rings (SSSR count). The molecule has 7 atom stereocenters. The van der Waals surface area contributed by atoms with Gasteiger partial charge in [0, 0.05) is 30.5 Å². The zero-order chi connectivity index (χ0) is 32.8. The summed E-state index contributed by atoms with van der Waals surface area (Å²) in [5.41, 5.74) is -2.37. The molecule has 3 N–H and O–H groups in total. The number of likely N-dealkylation sites (tertiary alicyclic amines) is 1. The molecule has 0 radical (unpaired) electrons. The molecule has 3 aromatic rings. The van der Waals surface area contributed by atoms with Gasteiger partial charge in [0.25, 0.3) is 0 Å². The summed E-state index contributed by atoms with van der Waals surface area (Å²) in [5, 5.41) is 28.8. The van der Waals surface area contributed by atoms with Crippen LogP contribution in [0.25, 0.3) is 0 Å². The number of ether oxygens (including phenoxy) is 4. The Hall–Kier alpha value is -4.28.